The fraction of sp³-hybridized carbons (Fsp3) is 0.333. The summed E-state index contributed by atoms with van der Waals surface area (Å²) in [5, 5.41) is 14.4. The Morgan fingerprint density at radius 3 is 3.06 bits per heavy atom. The molecule has 0 aromatic carbocycles. The Kier molecular flexibility index (Phi) is 4.03. The zero-order valence-corrected chi connectivity index (χ0v) is 8.51. The molecule has 1 amide bonds. The van der Waals surface area contributed by atoms with Gasteiger partial charge in [0.2, 0.25) is 5.91 Å². The number of nitriles is 1. The van der Waals surface area contributed by atoms with E-state index in [9.17, 15) is 9.59 Å². The van der Waals surface area contributed by atoms with E-state index < -0.39 is 5.56 Å². The van der Waals surface area contributed by atoms with Gasteiger partial charge in [-0.3, -0.25) is 9.59 Å². The number of amides is 1. The molecule has 0 aliphatic rings. The van der Waals surface area contributed by atoms with Gasteiger partial charge in [-0.1, -0.05) is 0 Å². The van der Waals surface area contributed by atoms with Crippen molar-refractivity contribution in [2.24, 2.45) is 0 Å². The minimum atomic E-state index is -0.398. The van der Waals surface area contributed by atoms with Crippen LogP contribution in [0.15, 0.2) is 16.9 Å². The highest BCUT2D eigenvalue weighted by molar-refractivity contribution is 5.75. The molecule has 0 aliphatic carbocycles. The quantitative estimate of drug-likeness (QED) is 0.623. The number of aromatic nitrogens is 2. The van der Waals surface area contributed by atoms with Gasteiger partial charge in [0.05, 0.1) is 12.5 Å². The third-order valence-electron chi connectivity index (χ3n) is 1.74. The van der Waals surface area contributed by atoms with E-state index in [1.165, 1.54) is 12.1 Å². The number of carbonyl (C=O) groups is 1. The number of rotatable bonds is 4. The van der Waals surface area contributed by atoms with Crippen LogP contribution in [-0.4, -0.2) is 22.2 Å². The standard InChI is InChI=1S/C9H11N5O2/c10-4-1-5-12-8(15)6-14-9(16)3-2-7(11)13-14/h2-3H,1,5-6H2,(H2,11,13)(H,12,15). The molecule has 16 heavy (non-hydrogen) atoms. The lowest BCUT2D eigenvalue weighted by Gasteiger charge is -2.05. The highest BCUT2D eigenvalue weighted by Gasteiger charge is 2.04. The Morgan fingerprint density at radius 2 is 2.38 bits per heavy atom. The molecule has 7 nitrogen and oxygen atoms in total. The van der Waals surface area contributed by atoms with Crippen molar-refractivity contribution < 1.29 is 4.79 Å². The third-order valence-corrected chi connectivity index (χ3v) is 1.74. The van der Waals surface area contributed by atoms with Crippen molar-refractivity contribution in [3.05, 3.63) is 22.5 Å². The SMILES string of the molecule is N#CCCNC(=O)Cn1nc(N)ccc1=O. The van der Waals surface area contributed by atoms with Gasteiger partial charge in [0.25, 0.3) is 5.56 Å². The Balaban J connectivity index is 2.60. The molecule has 0 fully saturated rings. The van der Waals surface area contributed by atoms with Crippen molar-refractivity contribution >= 4 is 11.7 Å². The second-order valence-electron chi connectivity index (χ2n) is 3.01. The van der Waals surface area contributed by atoms with Crippen LogP contribution in [0.3, 0.4) is 0 Å². The van der Waals surface area contributed by atoms with Crippen LogP contribution in [0, 0.1) is 11.3 Å². The first-order chi connectivity index (χ1) is 7.63. The Morgan fingerprint density at radius 1 is 1.62 bits per heavy atom. The van der Waals surface area contributed by atoms with Gasteiger partial charge in [-0.15, -0.1) is 0 Å². The lowest BCUT2D eigenvalue weighted by Crippen LogP contribution is -2.34. The van der Waals surface area contributed by atoms with Gasteiger partial charge < -0.3 is 11.1 Å². The van der Waals surface area contributed by atoms with E-state index in [1.54, 1.807) is 0 Å². The summed E-state index contributed by atoms with van der Waals surface area (Å²) < 4.78 is 0.969. The molecule has 0 atom stereocenters. The summed E-state index contributed by atoms with van der Waals surface area (Å²) in [6.07, 6.45) is 0.227. The normalized spacial score (nSPS) is 9.44. The maximum atomic E-state index is 11.3. The largest absolute Gasteiger partial charge is 0.382 e. The van der Waals surface area contributed by atoms with Crippen molar-refractivity contribution in [1.29, 1.82) is 5.26 Å². The lowest BCUT2D eigenvalue weighted by atomic mass is 10.4. The number of nitrogen functional groups attached to an aromatic ring is 1. The van der Waals surface area contributed by atoms with Gasteiger partial charge in [0.15, 0.2) is 0 Å². The average Bonchev–Trinajstić information content (AvgIpc) is 2.24. The van der Waals surface area contributed by atoms with E-state index in [2.05, 4.69) is 10.4 Å². The number of hydrogen-bond donors (Lipinski definition) is 2. The highest BCUT2D eigenvalue weighted by Crippen LogP contribution is 1.88. The second-order valence-corrected chi connectivity index (χ2v) is 3.01. The average molecular weight is 221 g/mol. The number of nitrogens with zero attached hydrogens (tertiary/aromatic N) is 3. The molecule has 1 aromatic heterocycles. The summed E-state index contributed by atoms with van der Waals surface area (Å²) >= 11 is 0. The van der Waals surface area contributed by atoms with Crippen LogP contribution >= 0.6 is 0 Å². The zero-order valence-electron chi connectivity index (χ0n) is 8.51. The fourth-order valence-corrected chi connectivity index (χ4v) is 1.03. The van der Waals surface area contributed by atoms with Crippen LogP contribution in [0.2, 0.25) is 0 Å². The molecule has 1 rings (SSSR count). The Bertz CT molecular complexity index is 474. The van der Waals surface area contributed by atoms with E-state index in [0.717, 1.165) is 4.68 Å². The number of hydrogen-bond acceptors (Lipinski definition) is 5. The molecule has 0 bridgehead atoms. The first-order valence-corrected chi connectivity index (χ1v) is 4.61. The first kappa shape index (κ1) is 11.7. The van der Waals surface area contributed by atoms with Crippen LogP contribution in [0.1, 0.15) is 6.42 Å². The molecule has 0 saturated carbocycles. The molecule has 0 saturated heterocycles. The van der Waals surface area contributed by atoms with Crippen LogP contribution in [0.5, 0.6) is 0 Å². The summed E-state index contributed by atoms with van der Waals surface area (Å²) in [5.41, 5.74) is 4.98. The Hall–Kier alpha value is -2.36. The summed E-state index contributed by atoms with van der Waals surface area (Å²) in [4.78, 5) is 22.5. The van der Waals surface area contributed by atoms with Crippen LogP contribution < -0.4 is 16.6 Å². The van der Waals surface area contributed by atoms with E-state index in [4.69, 9.17) is 11.0 Å². The van der Waals surface area contributed by atoms with Gasteiger partial charge in [0.1, 0.15) is 12.4 Å². The Labute approximate surface area is 91.5 Å². The van der Waals surface area contributed by atoms with Crippen molar-refractivity contribution in [2.45, 2.75) is 13.0 Å². The second kappa shape index (κ2) is 5.50. The molecule has 0 aliphatic heterocycles. The number of anilines is 1. The topological polar surface area (TPSA) is 114 Å². The minimum absolute atomic E-state index is 0.171. The van der Waals surface area contributed by atoms with Crippen molar-refractivity contribution in [1.82, 2.24) is 15.1 Å². The van der Waals surface area contributed by atoms with Crippen LogP contribution in [0.4, 0.5) is 5.82 Å². The molecule has 7 heteroatoms. The predicted molar refractivity (Wildman–Crippen MR) is 56.1 cm³/mol. The molecule has 3 N–H and O–H groups in total. The van der Waals surface area contributed by atoms with Crippen LogP contribution in [0.25, 0.3) is 0 Å². The van der Waals surface area contributed by atoms with Gasteiger partial charge in [0, 0.05) is 12.6 Å². The maximum Gasteiger partial charge on any atom is 0.267 e. The molecule has 1 heterocycles. The summed E-state index contributed by atoms with van der Waals surface area (Å²) in [6.45, 7) is 0.0572. The summed E-state index contributed by atoms with van der Waals surface area (Å²) in [6, 6.07) is 4.50. The van der Waals surface area contributed by atoms with Crippen molar-refractivity contribution in [2.75, 3.05) is 12.3 Å². The number of nitrogens with two attached hydrogens (primary N) is 1. The smallest absolute Gasteiger partial charge is 0.267 e. The van der Waals surface area contributed by atoms with E-state index in [0.29, 0.717) is 0 Å². The molecule has 0 radical (unpaired) electrons. The third kappa shape index (κ3) is 3.42. The summed E-state index contributed by atoms with van der Waals surface area (Å²) in [5.74, 6) is -0.208. The lowest BCUT2D eigenvalue weighted by molar-refractivity contribution is -0.121. The monoisotopic (exact) mass is 221 g/mol. The van der Waals surface area contributed by atoms with Crippen molar-refractivity contribution in [3.63, 3.8) is 0 Å². The first-order valence-electron chi connectivity index (χ1n) is 4.61. The molecular weight excluding hydrogens is 210 g/mol. The minimum Gasteiger partial charge on any atom is -0.382 e. The van der Waals surface area contributed by atoms with Gasteiger partial charge >= 0.3 is 0 Å². The molecule has 0 spiro atoms. The van der Waals surface area contributed by atoms with E-state index in [1.807, 2.05) is 6.07 Å². The number of nitrogens with one attached hydrogen (secondary N) is 1. The van der Waals surface area contributed by atoms with Crippen LogP contribution in [-0.2, 0) is 11.3 Å². The highest BCUT2D eigenvalue weighted by atomic mass is 16.2. The molecule has 84 valence electrons. The molecular formula is C9H11N5O2. The van der Waals surface area contributed by atoms with Gasteiger partial charge in [-0.25, -0.2) is 4.68 Å². The van der Waals surface area contributed by atoms with Gasteiger partial charge in [-0.2, -0.15) is 10.4 Å². The van der Waals surface area contributed by atoms with E-state index >= 15 is 0 Å². The zero-order chi connectivity index (χ0) is 12.0. The van der Waals surface area contributed by atoms with Crippen molar-refractivity contribution in [3.8, 4) is 6.07 Å². The summed E-state index contributed by atoms with van der Waals surface area (Å²) in [7, 11) is 0. The fourth-order valence-electron chi connectivity index (χ4n) is 1.03. The predicted octanol–water partition coefficient (Wildman–Crippen LogP) is -1.14. The maximum absolute atomic E-state index is 11.3. The molecule has 1 aromatic rings. The van der Waals surface area contributed by atoms with Gasteiger partial charge in [-0.05, 0) is 6.07 Å². The van der Waals surface area contributed by atoms with E-state index in [-0.39, 0.29) is 31.2 Å². The number of carbonyl (C=O) groups excluding carboxylic acids is 1. The molecule has 0 unspecified atom stereocenters.